The highest BCUT2D eigenvalue weighted by Crippen LogP contribution is 2.23. The Labute approximate surface area is 139 Å². The van der Waals surface area contributed by atoms with Crippen LogP contribution in [0.1, 0.15) is 11.1 Å². The number of halogens is 1. The molecule has 2 N–H and O–H groups in total. The summed E-state index contributed by atoms with van der Waals surface area (Å²) in [5.41, 5.74) is 2.83. The van der Waals surface area contributed by atoms with Gasteiger partial charge in [0.2, 0.25) is 5.91 Å². The number of fused-ring (bicyclic) bond motifs is 1. The van der Waals surface area contributed by atoms with Crippen molar-refractivity contribution in [3.63, 3.8) is 0 Å². The van der Waals surface area contributed by atoms with E-state index in [0.717, 1.165) is 22.2 Å². The van der Waals surface area contributed by atoms with Gasteiger partial charge in [0, 0.05) is 23.6 Å². The van der Waals surface area contributed by atoms with Crippen LogP contribution in [0.2, 0.25) is 0 Å². The molecule has 0 fully saturated rings. The Morgan fingerprint density at radius 1 is 1.25 bits per heavy atom. The lowest BCUT2D eigenvalue weighted by atomic mass is 10.1. The van der Waals surface area contributed by atoms with Crippen LogP contribution in [0, 0.1) is 5.82 Å². The van der Waals surface area contributed by atoms with Gasteiger partial charge in [-0.1, -0.05) is 12.1 Å². The first-order valence-electron chi connectivity index (χ1n) is 7.81. The van der Waals surface area contributed by atoms with Crippen LogP contribution >= 0.6 is 0 Å². The zero-order valence-electron chi connectivity index (χ0n) is 13.4. The molecule has 5 heteroatoms. The number of hydrogen-bond donors (Lipinski definition) is 2. The smallest absolute Gasteiger partial charge is 0.224 e. The summed E-state index contributed by atoms with van der Waals surface area (Å²) in [4.78, 5) is 15.2. The lowest BCUT2D eigenvalue weighted by molar-refractivity contribution is -0.120. The minimum atomic E-state index is -0.326. The quantitative estimate of drug-likeness (QED) is 0.731. The van der Waals surface area contributed by atoms with Crippen LogP contribution in [0.25, 0.3) is 10.9 Å². The molecule has 0 aliphatic heterocycles. The SMILES string of the molecule is COc1ccc2[nH]cc(CCNC(=O)Cc3cccc(F)c3)c2c1. The Kier molecular flexibility index (Phi) is 4.79. The lowest BCUT2D eigenvalue weighted by Gasteiger charge is -2.06. The molecular formula is C19H19FN2O2. The van der Waals surface area contributed by atoms with Crippen LogP contribution in [0.5, 0.6) is 5.75 Å². The molecule has 0 unspecified atom stereocenters. The van der Waals surface area contributed by atoms with Gasteiger partial charge >= 0.3 is 0 Å². The standard InChI is InChI=1S/C19H19FN2O2/c1-24-16-5-6-18-17(11-16)14(12-22-18)7-8-21-19(23)10-13-3-2-4-15(20)9-13/h2-6,9,11-12,22H,7-8,10H2,1H3,(H,21,23). The second kappa shape index (κ2) is 7.17. The summed E-state index contributed by atoms with van der Waals surface area (Å²) in [6.07, 6.45) is 2.84. The molecule has 1 aromatic heterocycles. The van der Waals surface area contributed by atoms with E-state index in [1.807, 2.05) is 24.4 Å². The van der Waals surface area contributed by atoms with Crippen LogP contribution in [-0.2, 0) is 17.6 Å². The predicted molar refractivity (Wildman–Crippen MR) is 91.7 cm³/mol. The zero-order chi connectivity index (χ0) is 16.9. The lowest BCUT2D eigenvalue weighted by Crippen LogP contribution is -2.27. The van der Waals surface area contributed by atoms with E-state index < -0.39 is 0 Å². The number of rotatable bonds is 6. The van der Waals surface area contributed by atoms with Gasteiger partial charge in [-0.15, -0.1) is 0 Å². The minimum absolute atomic E-state index is 0.113. The zero-order valence-corrected chi connectivity index (χ0v) is 13.4. The first-order chi connectivity index (χ1) is 11.7. The minimum Gasteiger partial charge on any atom is -0.497 e. The van der Waals surface area contributed by atoms with Crippen molar-refractivity contribution in [2.45, 2.75) is 12.8 Å². The number of hydrogen-bond acceptors (Lipinski definition) is 2. The van der Waals surface area contributed by atoms with Crippen molar-refractivity contribution in [3.8, 4) is 5.75 Å². The fraction of sp³-hybridized carbons (Fsp3) is 0.211. The Morgan fingerprint density at radius 3 is 2.92 bits per heavy atom. The molecule has 0 aliphatic rings. The van der Waals surface area contributed by atoms with E-state index in [2.05, 4.69) is 10.3 Å². The van der Waals surface area contributed by atoms with Crippen molar-refractivity contribution >= 4 is 16.8 Å². The molecule has 3 aromatic rings. The number of ether oxygens (including phenoxy) is 1. The third-order valence-corrected chi connectivity index (χ3v) is 3.94. The normalized spacial score (nSPS) is 10.8. The van der Waals surface area contributed by atoms with Crippen molar-refractivity contribution in [3.05, 3.63) is 65.6 Å². The number of H-pyrrole nitrogens is 1. The second-order valence-electron chi connectivity index (χ2n) is 5.63. The van der Waals surface area contributed by atoms with E-state index in [4.69, 9.17) is 4.74 Å². The summed E-state index contributed by atoms with van der Waals surface area (Å²) >= 11 is 0. The Balaban J connectivity index is 1.57. The summed E-state index contributed by atoms with van der Waals surface area (Å²) in [5.74, 6) is 0.365. The molecule has 2 aromatic carbocycles. The summed E-state index contributed by atoms with van der Waals surface area (Å²) < 4.78 is 18.4. The van der Waals surface area contributed by atoms with Crippen LogP contribution < -0.4 is 10.1 Å². The molecule has 124 valence electrons. The summed E-state index contributed by atoms with van der Waals surface area (Å²) in [7, 11) is 1.64. The number of carbonyl (C=O) groups is 1. The van der Waals surface area contributed by atoms with Crippen LogP contribution in [0.3, 0.4) is 0 Å². The average molecular weight is 326 g/mol. The topological polar surface area (TPSA) is 54.1 Å². The molecule has 1 amide bonds. The molecule has 4 nitrogen and oxygen atoms in total. The number of nitrogens with one attached hydrogen (secondary N) is 2. The number of amides is 1. The number of benzene rings is 2. The monoisotopic (exact) mass is 326 g/mol. The maximum absolute atomic E-state index is 13.1. The molecule has 0 saturated heterocycles. The second-order valence-corrected chi connectivity index (χ2v) is 5.63. The van der Waals surface area contributed by atoms with E-state index in [0.29, 0.717) is 18.5 Å². The highest BCUT2D eigenvalue weighted by Gasteiger charge is 2.07. The number of carbonyl (C=O) groups excluding carboxylic acids is 1. The van der Waals surface area contributed by atoms with Gasteiger partial charge < -0.3 is 15.0 Å². The average Bonchev–Trinajstić information content (AvgIpc) is 2.97. The molecule has 0 spiro atoms. The van der Waals surface area contributed by atoms with Crippen molar-refractivity contribution in [1.29, 1.82) is 0 Å². The third kappa shape index (κ3) is 3.74. The Morgan fingerprint density at radius 2 is 2.12 bits per heavy atom. The fourth-order valence-electron chi connectivity index (χ4n) is 2.72. The van der Waals surface area contributed by atoms with Gasteiger partial charge in [-0.3, -0.25) is 4.79 Å². The van der Waals surface area contributed by atoms with Gasteiger partial charge in [-0.2, -0.15) is 0 Å². The molecule has 0 radical (unpaired) electrons. The van der Waals surface area contributed by atoms with E-state index in [1.54, 1.807) is 19.2 Å². The van der Waals surface area contributed by atoms with E-state index in [9.17, 15) is 9.18 Å². The highest BCUT2D eigenvalue weighted by molar-refractivity contribution is 5.84. The van der Waals surface area contributed by atoms with Gasteiger partial charge in [0.25, 0.3) is 0 Å². The van der Waals surface area contributed by atoms with Crippen LogP contribution in [0.4, 0.5) is 4.39 Å². The summed E-state index contributed by atoms with van der Waals surface area (Å²) in [6, 6.07) is 12.0. The predicted octanol–water partition coefficient (Wildman–Crippen LogP) is 3.22. The maximum atomic E-state index is 13.1. The van der Waals surface area contributed by atoms with E-state index in [-0.39, 0.29) is 18.1 Å². The van der Waals surface area contributed by atoms with E-state index in [1.165, 1.54) is 12.1 Å². The first-order valence-corrected chi connectivity index (χ1v) is 7.81. The number of aromatic amines is 1. The van der Waals surface area contributed by atoms with Crippen LogP contribution in [0.15, 0.2) is 48.7 Å². The van der Waals surface area contributed by atoms with Gasteiger partial charge in [0.05, 0.1) is 13.5 Å². The van der Waals surface area contributed by atoms with Crippen molar-refractivity contribution in [1.82, 2.24) is 10.3 Å². The largest absolute Gasteiger partial charge is 0.497 e. The summed E-state index contributed by atoms with van der Waals surface area (Å²) in [6.45, 7) is 0.526. The summed E-state index contributed by atoms with van der Waals surface area (Å²) in [5, 5.41) is 3.97. The molecular weight excluding hydrogens is 307 g/mol. The van der Waals surface area contributed by atoms with Gasteiger partial charge in [0.15, 0.2) is 0 Å². The number of aromatic nitrogens is 1. The van der Waals surface area contributed by atoms with Crippen molar-refractivity contribution < 1.29 is 13.9 Å². The highest BCUT2D eigenvalue weighted by atomic mass is 19.1. The maximum Gasteiger partial charge on any atom is 0.224 e. The molecule has 0 bridgehead atoms. The molecule has 0 atom stereocenters. The van der Waals surface area contributed by atoms with Crippen molar-refractivity contribution in [2.75, 3.05) is 13.7 Å². The Hall–Kier alpha value is -2.82. The molecule has 1 heterocycles. The Bertz CT molecular complexity index is 857. The first kappa shape index (κ1) is 16.1. The molecule has 24 heavy (non-hydrogen) atoms. The van der Waals surface area contributed by atoms with Crippen LogP contribution in [-0.4, -0.2) is 24.5 Å². The van der Waals surface area contributed by atoms with Crippen molar-refractivity contribution in [2.24, 2.45) is 0 Å². The molecule has 0 saturated carbocycles. The van der Waals surface area contributed by atoms with Gasteiger partial charge in [-0.05, 0) is 47.9 Å². The molecule has 0 aliphatic carbocycles. The fourth-order valence-corrected chi connectivity index (χ4v) is 2.72. The van der Waals surface area contributed by atoms with Gasteiger partial charge in [-0.25, -0.2) is 4.39 Å². The number of methoxy groups -OCH3 is 1. The van der Waals surface area contributed by atoms with E-state index >= 15 is 0 Å². The molecule has 3 rings (SSSR count). The van der Waals surface area contributed by atoms with Gasteiger partial charge in [0.1, 0.15) is 11.6 Å². The third-order valence-electron chi connectivity index (χ3n) is 3.94.